The van der Waals surface area contributed by atoms with Crippen LogP contribution in [0.1, 0.15) is 26.3 Å². The molecule has 0 aliphatic heterocycles. The van der Waals surface area contributed by atoms with Crippen molar-refractivity contribution in [2.45, 2.75) is 20.8 Å². The van der Waals surface area contributed by atoms with Crippen molar-refractivity contribution in [1.29, 1.82) is 0 Å². The molecule has 0 radical (unpaired) electrons. The number of hydrogen-bond acceptors (Lipinski definition) is 3. The van der Waals surface area contributed by atoms with Crippen molar-refractivity contribution in [2.24, 2.45) is 5.41 Å². The quantitative estimate of drug-likeness (QED) is 0.782. The lowest BCUT2D eigenvalue weighted by atomic mass is 9.91. The second-order valence-electron chi connectivity index (χ2n) is 6.76. The van der Waals surface area contributed by atoms with Gasteiger partial charge < -0.3 is 4.98 Å². The highest BCUT2D eigenvalue weighted by atomic mass is 32.1. The molecule has 1 aromatic heterocycles. The molecule has 0 aliphatic rings. The van der Waals surface area contributed by atoms with Crippen molar-refractivity contribution >= 4 is 40.0 Å². The number of nitrogens with one attached hydrogen (secondary N) is 1. The second-order valence-corrected chi connectivity index (χ2v) is 7.84. The molecule has 3 nitrogen and oxygen atoms in total. The summed E-state index contributed by atoms with van der Waals surface area (Å²) in [5, 5.41) is 2.23. The van der Waals surface area contributed by atoms with Crippen molar-refractivity contribution in [2.75, 3.05) is 0 Å². The topological polar surface area (TPSA) is 49.9 Å². The number of aromatic amines is 1. The Labute approximate surface area is 144 Å². The van der Waals surface area contributed by atoms with E-state index >= 15 is 0 Å². The zero-order chi connectivity index (χ0) is 17.3. The summed E-state index contributed by atoms with van der Waals surface area (Å²) in [6, 6.07) is 14.1. The number of H-pyrrole nitrogens is 1. The van der Waals surface area contributed by atoms with Gasteiger partial charge >= 0.3 is 0 Å². The maximum Gasteiger partial charge on any atom is 0.266 e. The van der Waals surface area contributed by atoms with E-state index in [1.165, 1.54) is 17.4 Å². The van der Waals surface area contributed by atoms with Gasteiger partial charge in [0, 0.05) is 11.5 Å². The summed E-state index contributed by atoms with van der Waals surface area (Å²) in [6.07, 6.45) is 3.40. The molecule has 0 atom stereocenters. The predicted octanol–water partition coefficient (Wildman–Crippen LogP) is 2.81. The number of ketones is 1. The van der Waals surface area contributed by atoms with E-state index in [0.29, 0.717) is 9.20 Å². The van der Waals surface area contributed by atoms with E-state index < -0.39 is 5.41 Å². The fourth-order valence-electron chi connectivity index (χ4n) is 2.38. The number of carbonyl (C=O) groups is 1. The minimum atomic E-state index is -0.458. The first-order valence-electron chi connectivity index (χ1n) is 7.79. The van der Waals surface area contributed by atoms with E-state index in [0.717, 1.165) is 16.3 Å². The largest absolute Gasteiger partial charge is 0.313 e. The molecule has 0 spiro atoms. The van der Waals surface area contributed by atoms with Gasteiger partial charge in [-0.15, -0.1) is 11.3 Å². The number of fused-ring (bicyclic) bond motifs is 1. The number of hydrogen-bond donors (Lipinski definition) is 1. The zero-order valence-electron chi connectivity index (χ0n) is 13.9. The van der Waals surface area contributed by atoms with Crippen LogP contribution >= 0.6 is 11.3 Å². The van der Waals surface area contributed by atoms with Crippen LogP contribution in [0.4, 0.5) is 0 Å². The van der Waals surface area contributed by atoms with E-state index in [4.69, 9.17) is 0 Å². The van der Waals surface area contributed by atoms with E-state index in [9.17, 15) is 9.59 Å². The standard InChI is InChI=1S/C20H19NO2S/c1-20(2,3)17(22)12-18-21-19(23)16(24-18)11-14-9-6-8-13-7-4-5-10-15(13)14/h4-12H,1-3H3,(H,21,23). The van der Waals surface area contributed by atoms with Crippen LogP contribution in [0.15, 0.2) is 47.3 Å². The fraction of sp³-hybridized carbons (Fsp3) is 0.200. The lowest BCUT2D eigenvalue weighted by molar-refractivity contribution is -0.119. The van der Waals surface area contributed by atoms with Gasteiger partial charge in [-0.2, -0.15) is 0 Å². The number of rotatable bonds is 2. The van der Waals surface area contributed by atoms with Crippen molar-refractivity contribution < 1.29 is 4.79 Å². The molecule has 1 heterocycles. The van der Waals surface area contributed by atoms with Crippen LogP contribution in [0.5, 0.6) is 0 Å². The van der Waals surface area contributed by atoms with Crippen LogP contribution in [0.3, 0.4) is 0 Å². The normalized spacial score (nSPS) is 13.6. The third-order valence-electron chi connectivity index (χ3n) is 3.79. The summed E-state index contributed by atoms with van der Waals surface area (Å²) < 4.78 is 1.19. The highest BCUT2D eigenvalue weighted by Gasteiger charge is 2.18. The molecule has 24 heavy (non-hydrogen) atoms. The van der Waals surface area contributed by atoms with Crippen molar-refractivity contribution in [1.82, 2.24) is 4.98 Å². The van der Waals surface area contributed by atoms with Gasteiger partial charge in [-0.1, -0.05) is 63.2 Å². The molecular weight excluding hydrogens is 318 g/mol. The molecular formula is C20H19NO2S. The van der Waals surface area contributed by atoms with Gasteiger partial charge in [0.15, 0.2) is 5.78 Å². The molecule has 122 valence electrons. The van der Waals surface area contributed by atoms with Gasteiger partial charge in [0.05, 0.1) is 9.20 Å². The fourth-order valence-corrected chi connectivity index (χ4v) is 3.25. The molecule has 4 heteroatoms. The Balaban J connectivity index is 2.14. The Morgan fingerprint density at radius 1 is 1.08 bits per heavy atom. The van der Waals surface area contributed by atoms with Gasteiger partial charge in [0.1, 0.15) is 0 Å². The molecule has 0 saturated heterocycles. The first-order chi connectivity index (χ1) is 11.3. The number of carbonyl (C=O) groups excluding carboxylic acids is 1. The minimum absolute atomic E-state index is 0.00305. The molecule has 0 amide bonds. The molecule has 2 aromatic carbocycles. The number of Topliss-reactive ketones (excluding diaryl/α,β-unsaturated/α-hetero) is 1. The number of thiazole rings is 1. The monoisotopic (exact) mass is 337 g/mol. The average molecular weight is 337 g/mol. The Hall–Kier alpha value is -2.46. The summed E-state index contributed by atoms with van der Waals surface area (Å²) in [4.78, 5) is 27.1. The Bertz CT molecular complexity index is 1080. The van der Waals surface area contributed by atoms with Crippen LogP contribution in [-0.2, 0) is 4.79 Å². The molecule has 0 bridgehead atoms. The number of benzene rings is 2. The van der Waals surface area contributed by atoms with Gasteiger partial charge in [0.2, 0.25) is 0 Å². The van der Waals surface area contributed by atoms with Crippen molar-refractivity contribution in [3.05, 3.63) is 67.6 Å². The summed E-state index contributed by atoms with van der Waals surface area (Å²) in [5.74, 6) is -0.00305. The van der Waals surface area contributed by atoms with E-state index in [2.05, 4.69) is 4.98 Å². The average Bonchev–Trinajstić information content (AvgIpc) is 2.86. The summed E-state index contributed by atoms with van der Waals surface area (Å²) >= 11 is 1.31. The third-order valence-corrected chi connectivity index (χ3v) is 4.75. The SMILES string of the molecule is CC(C)(C)C(=O)C=c1[nH]c(=O)c(=Cc2cccc3ccccc23)s1. The van der Waals surface area contributed by atoms with E-state index in [1.807, 2.05) is 69.3 Å². The highest BCUT2D eigenvalue weighted by Crippen LogP contribution is 2.18. The highest BCUT2D eigenvalue weighted by molar-refractivity contribution is 7.07. The zero-order valence-corrected chi connectivity index (χ0v) is 14.7. The van der Waals surface area contributed by atoms with Crippen molar-refractivity contribution in [3.8, 4) is 0 Å². The molecule has 1 N–H and O–H groups in total. The number of aromatic nitrogens is 1. The van der Waals surface area contributed by atoms with Crippen LogP contribution < -0.4 is 14.8 Å². The minimum Gasteiger partial charge on any atom is -0.313 e. The molecule has 0 saturated carbocycles. The molecule has 0 fully saturated rings. The second kappa shape index (κ2) is 6.21. The van der Waals surface area contributed by atoms with Crippen LogP contribution in [0.2, 0.25) is 0 Å². The summed E-state index contributed by atoms with van der Waals surface area (Å²) in [7, 11) is 0. The van der Waals surface area contributed by atoms with E-state index in [1.54, 1.807) is 0 Å². The maximum absolute atomic E-state index is 12.2. The predicted molar refractivity (Wildman–Crippen MR) is 101 cm³/mol. The lowest BCUT2D eigenvalue weighted by Gasteiger charge is -2.12. The summed E-state index contributed by atoms with van der Waals surface area (Å²) in [6.45, 7) is 5.59. The Morgan fingerprint density at radius 3 is 2.54 bits per heavy atom. The van der Waals surface area contributed by atoms with Crippen molar-refractivity contribution in [3.63, 3.8) is 0 Å². The first-order valence-corrected chi connectivity index (χ1v) is 8.61. The van der Waals surface area contributed by atoms with Gasteiger partial charge in [-0.3, -0.25) is 9.59 Å². The summed E-state index contributed by atoms with van der Waals surface area (Å²) in [5.41, 5.74) is 0.371. The Kier molecular flexibility index (Phi) is 4.24. The molecule has 0 unspecified atom stereocenters. The lowest BCUT2D eigenvalue weighted by Crippen LogP contribution is -2.22. The first kappa shape index (κ1) is 16.4. The van der Waals surface area contributed by atoms with Gasteiger partial charge in [-0.05, 0) is 22.4 Å². The van der Waals surface area contributed by atoms with Crippen LogP contribution in [-0.4, -0.2) is 10.8 Å². The van der Waals surface area contributed by atoms with Gasteiger partial charge in [0.25, 0.3) is 5.56 Å². The van der Waals surface area contributed by atoms with Crippen LogP contribution in [0, 0.1) is 5.41 Å². The van der Waals surface area contributed by atoms with Gasteiger partial charge in [-0.25, -0.2) is 0 Å². The maximum atomic E-state index is 12.2. The molecule has 3 aromatic rings. The third kappa shape index (κ3) is 3.39. The molecule has 0 aliphatic carbocycles. The smallest absolute Gasteiger partial charge is 0.266 e. The van der Waals surface area contributed by atoms with Crippen LogP contribution in [0.25, 0.3) is 22.9 Å². The van der Waals surface area contributed by atoms with E-state index in [-0.39, 0.29) is 11.3 Å². The molecule has 3 rings (SSSR count). The Morgan fingerprint density at radius 2 is 1.79 bits per heavy atom.